The van der Waals surface area contributed by atoms with Crippen LogP contribution in [0.2, 0.25) is 0 Å². The van der Waals surface area contributed by atoms with Gasteiger partial charge in [-0.1, -0.05) is 18.2 Å². The van der Waals surface area contributed by atoms with Crippen LogP contribution in [-0.2, 0) is 17.6 Å². The molecular formula is C20H25N3O2. The molecule has 132 valence electrons. The Morgan fingerprint density at radius 2 is 2.16 bits per heavy atom. The molecule has 1 aromatic carbocycles. The van der Waals surface area contributed by atoms with Gasteiger partial charge in [0.25, 0.3) is 0 Å². The Kier molecular flexibility index (Phi) is 4.74. The highest BCUT2D eigenvalue weighted by molar-refractivity contribution is 5.78. The van der Waals surface area contributed by atoms with Crippen LogP contribution in [0.1, 0.15) is 35.8 Å². The van der Waals surface area contributed by atoms with E-state index in [9.17, 15) is 4.79 Å². The molecule has 1 atom stereocenters. The number of hydrogen-bond acceptors (Lipinski definition) is 4. The maximum atomic E-state index is 12.1. The molecule has 1 aliphatic carbocycles. The molecule has 2 heterocycles. The molecule has 25 heavy (non-hydrogen) atoms. The van der Waals surface area contributed by atoms with Gasteiger partial charge >= 0.3 is 0 Å². The lowest BCUT2D eigenvalue weighted by atomic mass is 9.93. The Bertz CT molecular complexity index is 740. The van der Waals surface area contributed by atoms with Crippen molar-refractivity contribution in [3.63, 3.8) is 0 Å². The molecule has 0 saturated carbocycles. The number of carbonyl (C=O) groups is 1. The summed E-state index contributed by atoms with van der Waals surface area (Å²) in [7, 11) is 0. The summed E-state index contributed by atoms with van der Waals surface area (Å²) in [6.45, 7) is 2.93. The number of aryl methyl sites for hydroxylation is 1. The van der Waals surface area contributed by atoms with Gasteiger partial charge in [0.1, 0.15) is 5.76 Å². The minimum Gasteiger partial charge on any atom is -0.469 e. The van der Waals surface area contributed by atoms with Crippen LogP contribution in [0.3, 0.4) is 0 Å². The Morgan fingerprint density at radius 3 is 3.12 bits per heavy atom. The van der Waals surface area contributed by atoms with Crippen molar-refractivity contribution in [2.75, 3.05) is 31.1 Å². The van der Waals surface area contributed by atoms with Gasteiger partial charge in [0.05, 0.1) is 12.8 Å². The predicted octanol–water partition coefficient (Wildman–Crippen LogP) is 2.43. The smallest absolute Gasteiger partial charge is 0.234 e. The third kappa shape index (κ3) is 3.56. The van der Waals surface area contributed by atoms with Crippen LogP contribution in [-0.4, -0.2) is 32.1 Å². The highest BCUT2D eigenvalue weighted by Crippen LogP contribution is 2.30. The molecule has 5 nitrogen and oxygen atoms in total. The van der Waals surface area contributed by atoms with Gasteiger partial charge in [0.2, 0.25) is 5.91 Å². The minimum atomic E-state index is 0.0584. The van der Waals surface area contributed by atoms with Crippen LogP contribution in [0.5, 0.6) is 0 Å². The lowest BCUT2D eigenvalue weighted by Crippen LogP contribution is -2.40. The average molecular weight is 339 g/mol. The number of carbonyl (C=O) groups excluding carboxylic acids is 1. The Hall–Kier alpha value is -2.27. The van der Waals surface area contributed by atoms with Crippen LogP contribution < -0.4 is 15.5 Å². The van der Waals surface area contributed by atoms with Crippen LogP contribution in [0.4, 0.5) is 5.69 Å². The van der Waals surface area contributed by atoms with E-state index in [1.807, 2.05) is 6.07 Å². The second-order valence-corrected chi connectivity index (χ2v) is 6.84. The fourth-order valence-corrected chi connectivity index (χ4v) is 3.95. The Morgan fingerprint density at radius 1 is 1.24 bits per heavy atom. The molecule has 0 unspecified atom stereocenters. The number of rotatable bonds is 6. The molecule has 1 amide bonds. The molecule has 0 radical (unpaired) electrons. The first-order valence-corrected chi connectivity index (χ1v) is 9.20. The normalized spacial score (nSPS) is 18.7. The summed E-state index contributed by atoms with van der Waals surface area (Å²) in [5.74, 6) is 1.12. The minimum absolute atomic E-state index is 0.0584. The number of fused-ring (bicyclic) bond motifs is 2. The number of anilines is 1. The van der Waals surface area contributed by atoms with Crippen molar-refractivity contribution in [3.8, 4) is 0 Å². The number of para-hydroxylation sites is 1. The van der Waals surface area contributed by atoms with Crippen molar-refractivity contribution < 1.29 is 9.21 Å². The van der Waals surface area contributed by atoms with Crippen molar-refractivity contribution in [3.05, 3.63) is 53.5 Å². The molecular weight excluding hydrogens is 314 g/mol. The zero-order valence-corrected chi connectivity index (χ0v) is 14.5. The molecule has 4 rings (SSSR count). The van der Waals surface area contributed by atoms with E-state index in [-0.39, 0.29) is 11.9 Å². The van der Waals surface area contributed by atoms with Gasteiger partial charge in [0, 0.05) is 43.3 Å². The first kappa shape index (κ1) is 16.2. The van der Waals surface area contributed by atoms with Gasteiger partial charge in [-0.15, -0.1) is 0 Å². The third-order valence-electron chi connectivity index (χ3n) is 5.25. The summed E-state index contributed by atoms with van der Waals surface area (Å²) in [6.07, 6.45) is 6.02. The molecule has 0 fully saturated rings. The quantitative estimate of drug-likeness (QED) is 0.849. The fraction of sp³-hybridized carbons (Fsp3) is 0.450. The van der Waals surface area contributed by atoms with Crippen LogP contribution in [0.15, 0.2) is 41.0 Å². The number of furan rings is 1. The lowest BCUT2D eigenvalue weighted by Gasteiger charge is -2.23. The van der Waals surface area contributed by atoms with Gasteiger partial charge in [-0.2, -0.15) is 0 Å². The molecule has 0 bridgehead atoms. The first-order valence-electron chi connectivity index (χ1n) is 9.20. The maximum absolute atomic E-state index is 12.1. The Balaban J connectivity index is 1.21. The van der Waals surface area contributed by atoms with Gasteiger partial charge in [-0.05, 0) is 37.0 Å². The van der Waals surface area contributed by atoms with E-state index in [1.165, 1.54) is 16.8 Å². The second-order valence-electron chi connectivity index (χ2n) is 6.84. The van der Waals surface area contributed by atoms with Crippen molar-refractivity contribution in [2.24, 2.45) is 0 Å². The molecule has 2 aromatic rings. The summed E-state index contributed by atoms with van der Waals surface area (Å²) in [4.78, 5) is 14.5. The standard InChI is InChI=1S/C20H25N3O2/c24-20(14-22-17-5-3-7-19-16(17)9-13-25-19)21-10-12-23-11-8-15-4-1-2-6-18(15)23/h1-2,4,6,9,13,17,22H,3,5,7-8,10-12,14H2,(H,21,24)/t17-/m0/s1. The third-order valence-corrected chi connectivity index (χ3v) is 5.25. The number of benzene rings is 1. The molecule has 2 N–H and O–H groups in total. The fourth-order valence-electron chi connectivity index (χ4n) is 3.95. The molecule has 0 saturated heterocycles. The van der Waals surface area contributed by atoms with Crippen LogP contribution in [0, 0.1) is 0 Å². The van der Waals surface area contributed by atoms with E-state index in [1.54, 1.807) is 6.26 Å². The molecule has 1 aliphatic heterocycles. The topological polar surface area (TPSA) is 57.5 Å². The second kappa shape index (κ2) is 7.31. The first-order chi connectivity index (χ1) is 12.3. The predicted molar refractivity (Wildman–Crippen MR) is 97.8 cm³/mol. The summed E-state index contributed by atoms with van der Waals surface area (Å²) < 4.78 is 5.50. The zero-order chi connectivity index (χ0) is 17.1. The summed E-state index contributed by atoms with van der Waals surface area (Å²) in [6, 6.07) is 10.8. The summed E-state index contributed by atoms with van der Waals surface area (Å²) in [5, 5.41) is 6.40. The van der Waals surface area contributed by atoms with Gasteiger partial charge in [-0.25, -0.2) is 0 Å². The van der Waals surface area contributed by atoms with Gasteiger partial charge in [0.15, 0.2) is 0 Å². The largest absolute Gasteiger partial charge is 0.469 e. The van der Waals surface area contributed by atoms with E-state index < -0.39 is 0 Å². The lowest BCUT2D eigenvalue weighted by molar-refractivity contribution is -0.120. The van der Waals surface area contributed by atoms with E-state index in [0.717, 1.165) is 44.5 Å². The molecule has 2 aliphatic rings. The Labute approximate surface area is 148 Å². The number of hydrogen-bond donors (Lipinski definition) is 2. The van der Waals surface area contributed by atoms with Crippen LogP contribution in [0.25, 0.3) is 0 Å². The van der Waals surface area contributed by atoms with Crippen molar-refractivity contribution in [2.45, 2.75) is 31.7 Å². The number of nitrogens with zero attached hydrogens (tertiary/aromatic N) is 1. The van der Waals surface area contributed by atoms with Crippen molar-refractivity contribution in [1.82, 2.24) is 10.6 Å². The molecule has 5 heteroatoms. The average Bonchev–Trinajstić information content (AvgIpc) is 3.27. The number of amides is 1. The highest BCUT2D eigenvalue weighted by atomic mass is 16.3. The molecule has 1 aromatic heterocycles. The van der Waals surface area contributed by atoms with E-state index in [2.05, 4.69) is 39.8 Å². The summed E-state index contributed by atoms with van der Waals surface area (Å²) in [5.41, 5.74) is 3.93. The van der Waals surface area contributed by atoms with Gasteiger partial charge < -0.3 is 20.0 Å². The van der Waals surface area contributed by atoms with Crippen molar-refractivity contribution >= 4 is 11.6 Å². The number of nitrogens with one attached hydrogen (secondary N) is 2. The van der Waals surface area contributed by atoms with Crippen LogP contribution >= 0.6 is 0 Å². The highest BCUT2D eigenvalue weighted by Gasteiger charge is 2.23. The summed E-state index contributed by atoms with van der Waals surface area (Å²) >= 11 is 0. The van der Waals surface area contributed by atoms with E-state index >= 15 is 0 Å². The van der Waals surface area contributed by atoms with E-state index in [4.69, 9.17) is 4.42 Å². The maximum Gasteiger partial charge on any atom is 0.234 e. The van der Waals surface area contributed by atoms with Gasteiger partial charge in [-0.3, -0.25) is 4.79 Å². The zero-order valence-electron chi connectivity index (χ0n) is 14.5. The SMILES string of the molecule is O=C(CN[C@H]1CCCc2occc21)NCCN1CCc2ccccc21. The monoisotopic (exact) mass is 339 g/mol. The van der Waals surface area contributed by atoms with E-state index in [0.29, 0.717) is 13.1 Å². The molecule has 0 spiro atoms. The van der Waals surface area contributed by atoms with Crippen molar-refractivity contribution in [1.29, 1.82) is 0 Å².